The summed E-state index contributed by atoms with van der Waals surface area (Å²) in [6.45, 7) is 1.41. The third-order valence-corrected chi connectivity index (χ3v) is 5.27. The maximum atomic E-state index is 12.6. The smallest absolute Gasteiger partial charge is 0.290 e. The molecule has 4 aromatic heterocycles. The van der Waals surface area contributed by atoms with Crippen molar-refractivity contribution in [3.8, 4) is 11.6 Å². The van der Waals surface area contributed by atoms with E-state index in [-0.39, 0.29) is 11.5 Å². The number of carbonyl (C=O) groups is 1. The Balaban J connectivity index is 1.43. The summed E-state index contributed by atoms with van der Waals surface area (Å²) in [6, 6.07) is 8.58. The van der Waals surface area contributed by atoms with Gasteiger partial charge in [0, 0.05) is 45.3 Å². The largest absolute Gasteiger partial charge is 0.439 e. The van der Waals surface area contributed by atoms with Crippen LogP contribution < -0.4 is 20.9 Å². The van der Waals surface area contributed by atoms with E-state index in [0.29, 0.717) is 46.2 Å². The second-order valence-corrected chi connectivity index (χ2v) is 7.96. The fraction of sp³-hybridized carbons (Fsp3) is 0.273. The van der Waals surface area contributed by atoms with Gasteiger partial charge in [0.1, 0.15) is 22.8 Å². The topological polar surface area (TPSA) is 129 Å². The minimum Gasteiger partial charge on any atom is -0.439 e. The molecule has 2 N–H and O–H groups in total. The van der Waals surface area contributed by atoms with E-state index in [1.807, 2.05) is 7.05 Å². The molecule has 5 rings (SSSR count). The van der Waals surface area contributed by atoms with Gasteiger partial charge in [-0.25, -0.2) is 14.6 Å². The van der Waals surface area contributed by atoms with E-state index >= 15 is 0 Å². The maximum absolute atomic E-state index is 12.6. The van der Waals surface area contributed by atoms with Crippen molar-refractivity contribution in [2.24, 2.45) is 14.1 Å². The summed E-state index contributed by atoms with van der Waals surface area (Å²) in [5.41, 5.74) is 2.33. The Kier molecular flexibility index (Phi) is 5.00. The van der Waals surface area contributed by atoms with E-state index in [1.54, 1.807) is 41.9 Å². The molecule has 4 heterocycles. The van der Waals surface area contributed by atoms with Crippen LogP contribution in [0.4, 0.5) is 17.5 Å². The molecule has 168 valence electrons. The third kappa shape index (κ3) is 4.25. The van der Waals surface area contributed by atoms with Crippen molar-refractivity contribution in [1.82, 2.24) is 29.3 Å². The summed E-state index contributed by atoms with van der Waals surface area (Å²) >= 11 is 0. The molecular formula is C22H22N8O3. The van der Waals surface area contributed by atoms with Crippen LogP contribution in [0.1, 0.15) is 31.4 Å². The van der Waals surface area contributed by atoms with Crippen molar-refractivity contribution in [2.45, 2.75) is 25.7 Å². The number of aryl methyl sites for hydroxylation is 2. The maximum Gasteiger partial charge on any atom is 0.290 e. The number of ether oxygens (including phenoxy) is 1. The van der Waals surface area contributed by atoms with E-state index in [0.717, 1.165) is 18.5 Å². The number of nitrogens with zero attached hydrogens (tertiary/aromatic N) is 6. The molecule has 4 aromatic rings. The zero-order valence-corrected chi connectivity index (χ0v) is 18.4. The highest BCUT2D eigenvalue weighted by atomic mass is 16.5. The summed E-state index contributed by atoms with van der Waals surface area (Å²) in [6.07, 6.45) is 3.72. The Bertz CT molecular complexity index is 1440. The molecule has 0 aromatic carbocycles. The Labute approximate surface area is 188 Å². The van der Waals surface area contributed by atoms with Gasteiger partial charge in [0.2, 0.25) is 17.7 Å². The first-order valence-electron chi connectivity index (χ1n) is 10.5. The van der Waals surface area contributed by atoms with Crippen molar-refractivity contribution in [3.63, 3.8) is 0 Å². The number of nitrogens with one attached hydrogen (secondary N) is 2. The van der Waals surface area contributed by atoms with Crippen molar-refractivity contribution < 1.29 is 9.53 Å². The molecule has 0 radical (unpaired) electrons. The van der Waals surface area contributed by atoms with E-state index < -0.39 is 0 Å². The van der Waals surface area contributed by atoms with E-state index in [9.17, 15) is 9.59 Å². The van der Waals surface area contributed by atoms with E-state index in [2.05, 4.69) is 30.7 Å². The number of hydrogen-bond acceptors (Lipinski definition) is 8. The van der Waals surface area contributed by atoms with Crippen LogP contribution in [0, 0.1) is 0 Å². The molecule has 0 saturated heterocycles. The van der Waals surface area contributed by atoms with Gasteiger partial charge in [0.05, 0.1) is 5.69 Å². The number of amides is 1. The number of aromatic nitrogens is 6. The molecular weight excluding hydrogens is 424 g/mol. The molecule has 1 aliphatic rings. The van der Waals surface area contributed by atoms with Crippen molar-refractivity contribution in [2.75, 3.05) is 10.6 Å². The SMILES string of the molecule is CC(=O)Nc1cc(Oc2ccc3nc(Nc4cc(C5CC5)nn(C)c4=O)n(C)c3n2)ccn1. The number of imidazole rings is 1. The lowest BCUT2D eigenvalue weighted by Crippen LogP contribution is -2.23. The van der Waals surface area contributed by atoms with Crippen LogP contribution in [-0.4, -0.2) is 35.2 Å². The predicted octanol–water partition coefficient (Wildman–Crippen LogP) is 2.83. The zero-order valence-electron chi connectivity index (χ0n) is 18.4. The Morgan fingerprint density at radius 2 is 1.97 bits per heavy atom. The van der Waals surface area contributed by atoms with Gasteiger partial charge >= 0.3 is 0 Å². The minimum absolute atomic E-state index is 0.220. The number of fused-ring (bicyclic) bond motifs is 1. The van der Waals surface area contributed by atoms with Gasteiger partial charge < -0.3 is 15.4 Å². The fourth-order valence-corrected chi connectivity index (χ4v) is 3.48. The molecule has 33 heavy (non-hydrogen) atoms. The highest BCUT2D eigenvalue weighted by Gasteiger charge is 2.26. The Morgan fingerprint density at radius 1 is 1.15 bits per heavy atom. The first-order valence-corrected chi connectivity index (χ1v) is 10.5. The van der Waals surface area contributed by atoms with Crippen LogP contribution in [0.15, 0.2) is 41.3 Å². The van der Waals surface area contributed by atoms with Gasteiger partial charge in [0.15, 0.2) is 5.65 Å². The minimum atomic E-state index is -0.226. The molecule has 1 saturated carbocycles. The first kappa shape index (κ1) is 20.6. The third-order valence-electron chi connectivity index (χ3n) is 5.27. The molecule has 11 heteroatoms. The number of hydrogen-bond donors (Lipinski definition) is 2. The van der Waals surface area contributed by atoms with E-state index in [4.69, 9.17) is 4.74 Å². The molecule has 0 unspecified atom stereocenters. The summed E-state index contributed by atoms with van der Waals surface area (Å²) in [4.78, 5) is 37.0. The molecule has 1 aliphatic carbocycles. The van der Waals surface area contributed by atoms with Crippen molar-refractivity contribution >= 4 is 34.5 Å². The molecule has 0 atom stereocenters. The van der Waals surface area contributed by atoms with Crippen LogP contribution >= 0.6 is 0 Å². The average Bonchev–Trinajstić information content (AvgIpc) is 3.57. The van der Waals surface area contributed by atoms with Crippen LogP contribution in [0.5, 0.6) is 11.6 Å². The monoisotopic (exact) mass is 446 g/mol. The fourth-order valence-electron chi connectivity index (χ4n) is 3.48. The Morgan fingerprint density at radius 3 is 2.73 bits per heavy atom. The second-order valence-electron chi connectivity index (χ2n) is 7.96. The highest BCUT2D eigenvalue weighted by molar-refractivity contribution is 5.87. The predicted molar refractivity (Wildman–Crippen MR) is 122 cm³/mol. The number of anilines is 3. The normalized spacial score (nSPS) is 13.2. The van der Waals surface area contributed by atoms with Gasteiger partial charge in [0.25, 0.3) is 5.56 Å². The second kappa shape index (κ2) is 8.01. The van der Waals surface area contributed by atoms with Crippen molar-refractivity contribution in [3.05, 3.63) is 52.6 Å². The number of carbonyl (C=O) groups excluding carboxylic acids is 1. The molecule has 0 aliphatic heterocycles. The average molecular weight is 446 g/mol. The molecule has 1 amide bonds. The number of rotatable bonds is 6. The molecule has 0 spiro atoms. The lowest BCUT2D eigenvalue weighted by atomic mass is 10.2. The van der Waals surface area contributed by atoms with Crippen LogP contribution in [0.25, 0.3) is 11.2 Å². The summed E-state index contributed by atoms with van der Waals surface area (Å²) in [5.74, 6) is 1.90. The quantitative estimate of drug-likeness (QED) is 0.463. The van der Waals surface area contributed by atoms with Crippen LogP contribution in [0.3, 0.4) is 0 Å². The lowest BCUT2D eigenvalue weighted by molar-refractivity contribution is -0.114. The Hall–Kier alpha value is -4.28. The van der Waals surface area contributed by atoms with Gasteiger partial charge in [-0.05, 0) is 31.0 Å². The molecule has 1 fully saturated rings. The van der Waals surface area contributed by atoms with Gasteiger partial charge in [-0.15, -0.1) is 0 Å². The lowest BCUT2D eigenvalue weighted by Gasteiger charge is -2.09. The first-order chi connectivity index (χ1) is 15.9. The van der Waals surface area contributed by atoms with Gasteiger partial charge in [-0.3, -0.25) is 14.2 Å². The van der Waals surface area contributed by atoms with Gasteiger partial charge in [-0.1, -0.05) is 0 Å². The van der Waals surface area contributed by atoms with Crippen LogP contribution in [0.2, 0.25) is 0 Å². The highest BCUT2D eigenvalue weighted by Crippen LogP contribution is 2.39. The summed E-state index contributed by atoms with van der Waals surface area (Å²) < 4.78 is 8.96. The summed E-state index contributed by atoms with van der Waals surface area (Å²) in [7, 11) is 3.46. The van der Waals surface area contributed by atoms with E-state index in [1.165, 1.54) is 17.8 Å². The summed E-state index contributed by atoms with van der Waals surface area (Å²) in [5, 5.41) is 10.1. The molecule has 11 nitrogen and oxygen atoms in total. The number of pyridine rings is 2. The standard InChI is InChI=1S/C22H22N8O3/c1-12(31)24-18-10-14(8-9-23-18)33-19-7-6-15-20(27-19)29(2)22(25-15)26-17-11-16(13-4-5-13)28-30(3)21(17)32/h6-11,13H,4-5H2,1-3H3,(H,25,26)(H,23,24,31). The van der Waals surface area contributed by atoms with Crippen LogP contribution in [-0.2, 0) is 18.9 Å². The zero-order chi connectivity index (χ0) is 23.1. The van der Waals surface area contributed by atoms with Crippen molar-refractivity contribution in [1.29, 1.82) is 0 Å². The van der Waals surface area contributed by atoms with Gasteiger partial charge in [-0.2, -0.15) is 10.1 Å². The molecule has 0 bridgehead atoms.